The van der Waals surface area contributed by atoms with Crippen molar-refractivity contribution in [3.8, 4) is 0 Å². The van der Waals surface area contributed by atoms with E-state index in [1.807, 2.05) is 13.8 Å². The largest absolute Gasteiger partial charge is 0.416 e. The Morgan fingerprint density at radius 3 is 2.55 bits per heavy atom. The molecule has 0 aromatic heterocycles. The van der Waals surface area contributed by atoms with Crippen molar-refractivity contribution in [2.24, 2.45) is 17.8 Å². The molecule has 3 rings (SSSR count). The molecule has 2 aliphatic rings. The molecule has 1 aliphatic carbocycles. The monoisotopic (exact) mass is 489 g/mol. The molecule has 6 nitrogen and oxygen atoms in total. The molecule has 33 heavy (non-hydrogen) atoms. The second-order valence-electron chi connectivity index (χ2n) is 9.93. The Morgan fingerprint density at radius 1 is 1.24 bits per heavy atom. The van der Waals surface area contributed by atoms with E-state index < -0.39 is 27.8 Å². The van der Waals surface area contributed by atoms with E-state index in [2.05, 4.69) is 10.2 Å². The fourth-order valence-electron chi connectivity index (χ4n) is 5.15. The highest BCUT2D eigenvalue weighted by Crippen LogP contribution is 2.39. The zero-order valence-corrected chi connectivity index (χ0v) is 20.4. The summed E-state index contributed by atoms with van der Waals surface area (Å²) in [7, 11) is -2.08. The molecule has 4 atom stereocenters. The zero-order valence-electron chi connectivity index (χ0n) is 19.6. The predicted octanol–water partition coefficient (Wildman–Crippen LogP) is 3.34. The minimum atomic E-state index is -4.36. The van der Waals surface area contributed by atoms with Crippen LogP contribution in [0.25, 0.3) is 0 Å². The number of carbonyl (C=O) groups excluding carboxylic acids is 1. The first-order chi connectivity index (χ1) is 15.3. The molecule has 1 N–H and O–H groups in total. The minimum Gasteiger partial charge on any atom is -0.352 e. The molecule has 2 fully saturated rings. The molecule has 0 spiro atoms. The molecular formula is C23H34F3N3O3S. The van der Waals surface area contributed by atoms with Crippen molar-refractivity contribution in [1.82, 2.24) is 14.5 Å². The van der Waals surface area contributed by atoms with Crippen molar-refractivity contribution < 1.29 is 26.4 Å². The molecule has 1 aromatic carbocycles. The summed E-state index contributed by atoms with van der Waals surface area (Å²) in [6.45, 7) is 5.81. The van der Waals surface area contributed by atoms with Gasteiger partial charge in [-0.05, 0) is 48.6 Å². The lowest BCUT2D eigenvalue weighted by Crippen LogP contribution is -2.51. The molecule has 1 amide bonds. The molecule has 0 bridgehead atoms. The molecule has 1 heterocycles. The molecule has 0 unspecified atom stereocenters. The summed E-state index contributed by atoms with van der Waals surface area (Å²) in [4.78, 5) is 15.2. The van der Waals surface area contributed by atoms with E-state index in [-0.39, 0.29) is 23.8 Å². The Labute approximate surface area is 194 Å². The maximum absolute atomic E-state index is 13.1. The highest BCUT2D eigenvalue weighted by Gasteiger charge is 2.44. The Hall–Kier alpha value is -1.65. The topological polar surface area (TPSA) is 69.7 Å². The summed E-state index contributed by atoms with van der Waals surface area (Å²) in [6, 6.07) is 4.60. The summed E-state index contributed by atoms with van der Waals surface area (Å²) < 4.78 is 64.3. The van der Waals surface area contributed by atoms with Gasteiger partial charge in [0.05, 0.1) is 11.8 Å². The van der Waals surface area contributed by atoms with Gasteiger partial charge < -0.3 is 5.32 Å². The number of halogens is 3. The molecule has 10 heteroatoms. The van der Waals surface area contributed by atoms with Crippen molar-refractivity contribution in [2.75, 3.05) is 26.4 Å². The van der Waals surface area contributed by atoms with Crippen LogP contribution >= 0.6 is 0 Å². The fourth-order valence-corrected chi connectivity index (χ4v) is 5.79. The van der Waals surface area contributed by atoms with Crippen molar-refractivity contribution in [3.63, 3.8) is 0 Å². The van der Waals surface area contributed by atoms with Gasteiger partial charge in [0.15, 0.2) is 0 Å². The van der Waals surface area contributed by atoms with Gasteiger partial charge in [-0.15, -0.1) is 0 Å². The van der Waals surface area contributed by atoms with E-state index in [1.165, 1.54) is 19.2 Å². The second kappa shape index (κ2) is 9.92. The number of nitrogens with one attached hydrogen (secondary N) is 1. The number of likely N-dealkylation sites (tertiary alicyclic amines) is 1. The van der Waals surface area contributed by atoms with E-state index in [0.717, 1.165) is 36.0 Å². The lowest BCUT2D eigenvalue weighted by Gasteiger charge is -2.29. The Kier molecular flexibility index (Phi) is 7.80. The predicted molar refractivity (Wildman–Crippen MR) is 121 cm³/mol. The normalized spacial score (nSPS) is 24.9. The third kappa shape index (κ3) is 6.48. The second-order valence-corrected chi connectivity index (χ2v) is 12.0. The number of nitrogens with zero attached hydrogens (tertiary/aromatic N) is 2. The molecule has 0 radical (unpaired) electrons. The van der Waals surface area contributed by atoms with Gasteiger partial charge in [0, 0.05) is 32.7 Å². The number of hydrogen-bond donors (Lipinski definition) is 1. The highest BCUT2D eigenvalue weighted by atomic mass is 32.2. The van der Waals surface area contributed by atoms with Crippen LogP contribution in [0.3, 0.4) is 0 Å². The standard InChI is InChI=1S/C23H34F3N3O3S/c1-15(2)10-21(28(3)33(4,31)32)22(30)27-20-9-8-17-13-29(14-19(17)20)12-16-6-5-7-18(11-16)23(24,25)26/h5-7,11,15,17,19-21H,8-10,12-14H2,1-4H3,(H,27,30)/t17-,19+,20+,21-/m0/s1. The van der Waals surface area contributed by atoms with Crippen LogP contribution in [0.5, 0.6) is 0 Å². The molecule has 1 saturated carbocycles. The van der Waals surface area contributed by atoms with Crippen LogP contribution in [0.4, 0.5) is 13.2 Å². The van der Waals surface area contributed by atoms with Crippen LogP contribution in [-0.2, 0) is 27.5 Å². The maximum atomic E-state index is 13.1. The number of hydrogen-bond acceptors (Lipinski definition) is 4. The smallest absolute Gasteiger partial charge is 0.352 e. The van der Waals surface area contributed by atoms with E-state index >= 15 is 0 Å². The summed E-state index contributed by atoms with van der Waals surface area (Å²) in [5, 5.41) is 3.10. The molecule has 1 saturated heterocycles. The maximum Gasteiger partial charge on any atom is 0.416 e. The average molecular weight is 490 g/mol. The quantitative estimate of drug-likeness (QED) is 0.608. The van der Waals surface area contributed by atoms with Crippen molar-refractivity contribution in [1.29, 1.82) is 0 Å². The summed E-state index contributed by atoms with van der Waals surface area (Å²) in [6.07, 6.45) is -1.07. The highest BCUT2D eigenvalue weighted by molar-refractivity contribution is 7.88. The van der Waals surface area contributed by atoms with Crippen LogP contribution < -0.4 is 5.32 Å². The summed E-state index contributed by atoms with van der Waals surface area (Å²) >= 11 is 0. The van der Waals surface area contributed by atoms with Crippen LogP contribution in [0, 0.1) is 17.8 Å². The Balaban J connectivity index is 1.64. The molecule has 1 aliphatic heterocycles. The van der Waals surface area contributed by atoms with Crippen molar-refractivity contribution >= 4 is 15.9 Å². The first-order valence-corrected chi connectivity index (χ1v) is 13.2. The van der Waals surface area contributed by atoms with Crippen molar-refractivity contribution in [2.45, 2.75) is 57.9 Å². The summed E-state index contributed by atoms with van der Waals surface area (Å²) in [5.74, 6) is 0.453. The Bertz CT molecular complexity index is 952. The minimum absolute atomic E-state index is 0.0587. The van der Waals surface area contributed by atoms with E-state index in [1.54, 1.807) is 6.07 Å². The molecule has 186 valence electrons. The molecular weight excluding hydrogens is 455 g/mol. The number of benzene rings is 1. The number of amides is 1. The third-order valence-electron chi connectivity index (χ3n) is 6.88. The number of sulfonamides is 1. The van der Waals surface area contributed by atoms with Gasteiger partial charge in [-0.2, -0.15) is 17.5 Å². The fraction of sp³-hybridized carbons (Fsp3) is 0.696. The third-order valence-corrected chi connectivity index (χ3v) is 8.18. The Morgan fingerprint density at radius 2 is 1.94 bits per heavy atom. The zero-order chi connectivity index (χ0) is 24.6. The van der Waals surface area contributed by atoms with Gasteiger partial charge in [-0.25, -0.2) is 8.42 Å². The van der Waals surface area contributed by atoms with Gasteiger partial charge >= 0.3 is 6.18 Å². The number of carbonyl (C=O) groups is 1. The van der Waals surface area contributed by atoms with Crippen LogP contribution in [-0.4, -0.2) is 62.0 Å². The summed E-state index contributed by atoms with van der Waals surface area (Å²) in [5.41, 5.74) is -0.0205. The first-order valence-electron chi connectivity index (χ1n) is 11.4. The van der Waals surface area contributed by atoms with Gasteiger partial charge in [0.25, 0.3) is 0 Å². The van der Waals surface area contributed by atoms with Gasteiger partial charge in [-0.1, -0.05) is 32.0 Å². The van der Waals surface area contributed by atoms with E-state index in [9.17, 15) is 26.4 Å². The number of rotatable bonds is 8. The van der Waals surface area contributed by atoms with Gasteiger partial charge in [0.1, 0.15) is 6.04 Å². The van der Waals surface area contributed by atoms with Crippen LogP contribution in [0.1, 0.15) is 44.2 Å². The SMILES string of the molecule is CC(C)C[C@@H](C(=O)N[C@@H]1CC[C@H]2CN(Cc3cccc(C(F)(F)F)c3)C[C@H]21)N(C)S(C)(=O)=O. The van der Waals surface area contributed by atoms with E-state index in [4.69, 9.17) is 0 Å². The molecule has 1 aromatic rings. The number of fused-ring (bicyclic) bond motifs is 1. The van der Waals surface area contributed by atoms with Gasteiger partial charge in [-0.3, -0.25) is 9.69 Å². The van der Waals surface area contributed by atoms with Crippen molar-refractivity contribution in [3.05, 3.63) is 35.4 Å². The number of likely N-dealkylation sites (N-methyl/N-ethyl adjacent to an activating group) is 1. The van der Waals surface area contributed by atoms with Crippen LogP contribution in [0.15, 0.2) is 24.3 Å². The lowest BCUT2D eigenvalue weighted by molar-refractivity contribution is -0.137. The van der Waals surface area contributed by atoms with Crippen LogP contribution in [0.2, 0.25) is 0 Å². The average Bonchev–Trinajstić information content (AvgIpc) is 3.25. The number of alkyl halides is 3. The first kappa shape index (κ1) is 26.0. The lowest BCUT2D eigenvalue weighted by atomic mass is 9.97. The van der Waals surface area contributed by atoms with Gasteiger partial charge in [0.2, 0.25) is 15.9 Å². The van der Waals surface area contributed by atoms with E-state index in [0.29, 0.717) is 31.0 Å².